The monoisotopic (exact) mass is 291 g/mol. The number of carbonyl (C=O) groups excluding carboxylic acids is 1. The third-order valence-corrected chi connectivity index (χ3v) is 2.51. The first-order valence-electron chi connectivity index (χ1n) is 5.69. The Hall–Kier alpha value is -1.44. The van der Waals surface area contributed by atoms with Gasteiger partial charge in [-0.1, -0.05) is 5.10 Å². The van der Waals surface area contributed by atoms with Crippen molar-refractivity contribution in [3.63, 3.8) is 0 Å². The summed E-state index contributed by atoms with van der Waals surface area (Å²) in [5.41, 5.74) is 6.66. The van der Waals surface area contributed by atoms with Crippen molar-refractivity contribution in [3.8, 4) is 0 Å². The van der Waals surface area contributed by atoms with Crippen molar-refractivity contribution in [2.45, 2.75) is 20.8 Å². The number of nitrogens with one attached hydrogen (secondary N) is 1. The molecule has 0 saturated carbocycles. The van der Waals surface area contributed by atoms with Gasteiger partial charge in [0.25, 0.3) is 0 Å². The number of hydrogen-bond donors (Lipinski definition) is 2. The predicted octanol–water partition coefficient (Wildman–Crippen LogP) is 1.58. The Labute approximate surface area is 118 Å². The number of quaternary nitrogens is 1. The molecule has 0 fully saturated rings. The SMILES string of the molecule is CCOCCOC(=O)[N+]1(C(=N)N)N=C(C)C=C1C.Cl. The van der Waals surface area contributed by atoms with Crippen molar-refractivity contribution in [2.24, 2.45) is 10.8 Å². The van der Waals surface area contributed by atoms with Gasteiger partial charge in [0, 0.05) is 19.6 Å². The van der Waals surface area contributed by atoms with Gasteiger partial charge in [-0.3, -0.25) is 0 Å². The number of carbonyl (C=O) groups is 1. The number of nitrogens with zero attached hydrogens (tertiary/aromatic N) is 2. The highest BCUT2D eigenvalue weighted by Crippen LogP contribution is 2.25. The molecular formula is C11H20ClN4O3+. The molecule has 0 spiro atoms. The van der Waals surface area contributed by atoms with E-state index in [1.54, 1.807) is 19.9 Å². The average Bonchev–Trinajstić information content (AvgIpc) is 2.60. The zero-order valence-electron chi connectivity index (χ0n) is 11.3. The highest BCUT2D eigenvalue weighted by molar-refractivity contribution is 5.97. The van der Waals surface area contributed by atoms with Crippen molar-refractivity contribution < 1.29 is 18.9 Å². The largest absolute Gasteiger partial charge is 0.556 e. The number of rotatable bonds is 4. The van der Waals surface area contributed by atoms with Crippen LogP contribution < -0.4 is 5.73 Å². The number of nitrogens with two attached hydrogens (primary N) is 1. The van der Waals surface area contributed by atoms with Gasteiger partial charge in [-0.2, -0.15) is 4.79 Å². The Morgan fingerprint density at radius 1 is 1.47 bits per heavy atom. The minimum Gasteiger partial charge on any atom is -0.415 e. The second-order valence-electron chi connectivity index (χ2n) is 3.86. The van der Waals surface area contributed by atoms with E-state index in [0.29, 0.717) is 24.6 Å². The molecule has 0 aliphatic carbocycles. The van der Waals surface area contributed by atoms with Crippen molar-refractivity contribution in [3.05, 3.63) is 11.8 Å². The maximum absolute atomic E-state index is 12.1. The first kappa shape index (κ1) is 17.6. The molecular weight excluding hydrogens is 272 g/mol. The van der Waals surface area contributed by atoms with E-state index in [-0.39, 0.29) is 25.0 Å². The van der Waals surface area contributed by atoms with Gasteiger partial charge in [-0.15, -0.1) is 12.4 Å². The molecule has 1 unspecified atom stereocenters. The molecule has 0 aromatic heterocycles. The summed E-state index contributed by atoms with van der Waals surface area (Å²) < 4.78 is 9.40. The van der Waals surface area contributed by atoms with Crippen molar-refractivity contribution in [1.82, 2.24) is 0 Å². The fraction of sp³-hybridized carbons (Fsp3) is 0.545. The summed E-state index contributed by atoms with van der Waals surface area (Å²) >= 11 is 0. The summed E-state index contributed by atoms with van der Waals surface area (Å²) in [5, 5.41) is 11.7. The first-order chi connectivity index (χ1) is 8.45. The van der Waals surface area contributed by atoms with Gasteiger partial charge in [-0.25, -0.2) is 5.41 Å². The van der Waals surface area contributed by atoms with E-state index in [1.165, 1.54) is 0 Å². The number of amides is 1. The molecule has 1 aliphatic rings. The maximum atomic E-state index is 12.1. The van der Waals surface area contributed by atoms with Crippen LogP contribution in [0.5, 0.6) is 0 Å². The Kier molecular flexibility index (Phi) is 6.68. The van der Waals surface area contributed by atoms with Gasteiger partial charge in [0.05, 0.1) is 6.61 Å². The summed E-state index contributed by atoms with van der Waals surface area (Å²) in [6.45, 7) is 6.26. The predicted molar refractivity (Wildman–Crippen MR) is 74.1 cm³/mol. The fourth-order valence-corrected chi connectivity index (χ4v) is 1.69. The van der Waals surface area contributed by atoms with Gasteiger partial charge >= 0.3 is 12.1 Å². The zero-order chi connectivity index (χ0) is 13.8. The molecule has 108 valence electrons. The Morgan fingerprint density at radius 2 is 2.11 bits per heavy atom. The van der Waals surface area contributed by atoms with Crippen LogP contribution in [0.1, 0.15) is 20.8 Å². The van der Waals surface area contributed by atoms with Crippen molar-refractivity contribution >= 4 is 30.2 Å². The molecule has 0 aromatic rings. The second kappa shape index (κ2) is 7.22. The molecule has 3 N–H and O–H groups in total. The second-order valence-corrected chi connectivity index (χ2v) is 3.86. The first-order valence-corrected chi connectivity index (χ1v) is 5.69. The molecule has 7 nitrogen and oxygen atoms in total. The maximum Gasteiger partial charge on any atom is 0.556 e. The molecule has 0 saturated heterocycles. The van der Waals surface area contributed by atoms with Crippen molar-refractivity contribution in [1.29, 1.82) is 5.41 Å². The number of guanidine groups is 1. The highest BCUT2D eigenvalue weighted by atomic mass is 35.5. The fourth-order valence-electron chi connectivity index (χ4n) is 1.69. The molecule has 1 rings (SSSR count). The topological polar surface area (TPSA) is 97.8 Å². The van der Waals surface area contributed by atoms with Gasteiger partial charge in [0.15, 0.2) is 5.70 Å². The standard InChI is InChI=1S/C11H19N4O3.ClH/c1-4-17-5-6-18-11(16)15(10(12)13)9(3)7-8(2)14-15;/h7H,4-6H2,1-3H3,(H3,12,13);1H/q+1;. The molecule has 0 radical (unpaired) electrons. The molecule has 0 bridgehead atoms. The van der Waals surface area contributed by atoms with Crippen LogP contribution in [0.2, 0.25) is 0 Å². The van der Waals surface area contributed by atoms with Crippen LogP contribution in [0.4, 0.5) is 4.79 Å². The van der Waals surface area contributed by atoms with Crippen LogP contribution in [0.15, 0.2) is 16.9 Å². The van der Waals surface area contributed by atoms with E-state index in [1.807, 2.05) is 6.92 Å². The normalized spacial score (nSPS) is 21.2. The van der Waals surface area contributed by atoms with E-state index in [2.05, 4.69) is 5.10 Å². The Morgan fingerprint density at radius 3 is 2.53 bits per heavy atom. The highest BCUT2D eigenvalue weighted by Gasteiger charge is 2.50. The lowest BCUT2D eigenvalue weighted by molar-refractivity contribution is -0.732. The van der Waals surface area contributed by atoms with E-state index in [4.69, 9.17) is 20.6 Å². The zero-order valence-corrected chi connectivity index (χ0v) is 12.1. The van der Waals surface area contributed by atoms with Crippen LogP contribution in [-0.4, -0.2) is 42.2 Å². The lowest BCUT2D eigenvalue weighted by atomic mass is 10.3. The third kappa shape index (κ3) is 3.52. The molecule has 1 aliphatic heterocycles. The minimum absolute atomic E-state index is 0. The summed E-state index contributed by atoms with van der Waals surface area (Å²) in [7, 11) is 0. The van der Waals surface area contributed by atoms with Gasteiger partial charge in [0.2, 0.25) is 0 Å². The number of ether oxygens (including phenoxy) is 2. The van der Waals surface area contributed by atoms with Crippen LogP contribution in [0.25, 0.3) is 0 Å². The van der Waals surface area contributed by atoms with Crippen LogP contribution in [-0.2, 0) is 9.47 Å². The minimum atomic E-state index is -0.724. The molecule has 1 atom stereocenters. The number of hydrogen-bond acceptors (Lipinski definition) is 5. The molecule has 8 heteroatoms. The van der Waals surface area contributed by atoms with E-state index < -0.39 is 10.7 Å². The van der Waals surface area contributed by atoms with Gasteiger partial charge in [-0.05, 0) is 18.4 Å². The van der Waals surface area contributed by atoms with Crippen LogP contribution in [0.3, 0.4) is 0 Å². The van der Waals surface area contributed by atoms with Crippen molar-refractivity contribution in [2.75, 3.05) is 19.8 Å². The van der Waals surface area contributed by atoms with E-state index in [9.17, 15) is 4.79 Å². The lowest BCUT2D eigenvalue weighted by Crippen LogP contribution is -2.54. The van der Waals surface area contributed by atoms with Crippen LogP contribution >= 0.6 is 12.4 Å². The molecule has 1 heterocycles. The van der Waals surface area contributed by atoms with E-state index in [0.717, 1.165) is 0 Å². The average molecular weight is 292 g/mol. The summed E-state index contributed by atoms with van der Waals surface area (Å²) in [5.74, 6) is -0.387. The smallest absolute Gasteiger partial charge is 0.415 e. The Balaban J connectivity index is 0.00000324. The van der Waals surface area contributed by atoms with Gasteiger partial charge < -0.3 is 15.2 Å². The molecule has 19 heavy (non-hydrogen) atoms. The third-order valence-electron chi connectivity index (χ3n) is 2.51. The van der Waals surface area contributed by atoms with Crippen LogP contribution in [0, 0.1) is 5.41 Å². The quantitative estimate of drug-likeness (QED) is 0.356. The summed E-state index contributed by atoms with van der Waals surface area (Å²) in [6, 6.07) is 0. The number of allylic oxidation sites excluding steroid dienone is 2. The summed E-state index contributed by atoms with van der Waals surface area (Å²) in [4.78, 5) is 12.1. The number of halogens is 1. The molecule has 1 amide bonds. The Bertz CT molecular complexity index is 422. The summed E-state index contributed by atoms with van der Waals surface area (Å²) in [6.07, 6.45) is 1.01. The van der Waals surface area contributed by atoms with E-state index >= 15 is 0 Å². The van der Waals surface area contributed by atoms with Gasteiger partial charge in [0.1, 0.15) is 12.3 Å². The molecule has 0 aromatic carbocycles. The lowest BCUT2D eigenvalue weighted by Gasteiger charge is -2.22.